The number of piperazine rings is 1. The van der Waals surface area contributed by atoms with Crippen LogP contribution in [0.2, 0.25) is 0 Å². The number of carbonyl (C=O) groups excluding carboxylic acids is 2. The first kappa shape index (κ1) is 21.4. The molecular weight excluding hydrogens is 398 g/mol. The van der Waals surface area contributed by atoms with E-state index in [1.54, 1.807) is 34.1 Å². The van der Waals surface area contributed by atoms with Gasteiger partial charge in [0.05, 0.1) is 14.2 Å². The van der Waals surface area contributed by atoms with Crippen LogP contribution in [0.3, 0.4) is 0 Å². The molecule has 1 heterocycles. The molecular formula is C21H22F2N2O5. The average Bonchev–Trinajstić information content (AvgIpc) is 2.78. The van der Waals surface area contributed by atoms with E-state index in [0.29, 0.717) is 43.1 Å². The molecule has 0 atom stereocenters. The third-order valence-electron chi connectivity index (χ3n) is 4.80. The quantitative estimate of drug-likeness (QED) is 0.719. The van der Waals surface area contributed by atoms with Gasteiger partial charge in [-0.3, -0.25) is 9.59 Å². The molecule has 0 unspecified atom stereocenters. The van der Waals surface area contributed by atoms with E-state index >= 15 is 0 Å². The highest BCUT2D eigenvalue weighted by molar-refractivity contribution is 5.96. The highest BCUT2D eigenvalue weighted by Crippen LogP contribution is 2.30. The molecule has 2 amide bonds. The van der Waals surface area contributed by atoms with Gasteiger partial charge in [-0.25, -0.2) is 0 Å². The smallest absolute Gasteiger partial charge is 0.387 e. The molecule has 0 spiro atoms. The fourth-order valence-corrected chi connectivity index (χ4v) is 3.23. The number of hydrogen-bond donors (Lipinski definition) is 0. The largest absolute Gasteiger partial charge is 0.497 e. The number of methoxy groups -OCH3 is 2. The van der Waals surface area contributed by atoms with Crippen molar-refractivity contribution in [3.63, 3.8) is 0 Å². The van der Waals surface area contributed by atoms with Gasteiger partial charge in [-0.05, 0) is 36.4 Å². The number of carbonyl (C=O) groups is 2. The first-order chi connectivity index (χ1) is 14.4. The second kappa shape index (κ2) is 9.43. The van der Waals surface area contributed by atoms with Crippen molar-refractivity contribution < 1.29 is 32.6 Å². The van der Waals surface area contributed by atoms with Gasteiger partial charge in [0.25, 0.3) is 11.8 Å². The van der Waals surface area contributed by atoms with Crippen molar-refractivity contribution >= 4 is 11.8 Å². The molecule has 1 saturated heterocycles. The number of ether oxygens (including phenoxy) is 3. The van der Waals surface area contributed by atoms with Crippen molar-refractivity contribution in [2.24, 2.45) is 0 Å². The standard InChI is InChI=1S/C21H22F2N2O5/c1-28-16-5-3-4-14(12-16)19(26)24-8-10-25(11-9-24)20(27)15-6-7-17(30-21(22)23)18(13-15)29-2/h3-7,12-13,21H,8-11H2,1-2H3. The van der Waals surface area contributed by atoms with E-state index in [-0.39, 0.29) is 23.3 Å². The normalized spacial score (nSPS) is 13.9. The summed E-state index contributed by atoms with van der Waals surface area (Å²) in [5.74, 6) is 0.107. The van der Waals surface area contributed by atoms with Crippen molar-refractivity contribution in [1.82, 2.24) is 9.80 Å². The van der Waals surface area contributed by atoms with Crippen molar-refractivity contribution in [2.45, 2.75) is 6.61 Å². The number of hydrogen-bond acceptors (Lipinski definition) is 5. The highest BCUT2D eigenvalue weighted by Gasteiger charge is 2.26. The molecule has 1 fully saturated rings. The summed E-state index contributed by atoms with van der Waals surface area (Å²) >= 11 is 0. The number of nitrogens with zero attached hydrogens (tertiary/aromatic N) is 2. The minimum Gasteiger partial charge on any atom is -0.497 e. The van der Waals surface area contributed by atoms with Gasteiger partial charge in [-0.2, -0.15) is 8.78 Å². The van der Waals surface area contributed by atoms with E-state index in [0.717, 1.165) is 0 Å². The van der Waals surface area contributed by atoms with Crippen molar-refractivity contribution in [2.75, 3.05) is 40.4 Å². The Kier molecular flexibility index (Phi) is 6.71. The van der Waals surface area contributed by atoms with Crippen LogP contribution < -0.4 is 14.2 Å². The van der Waals surface area contributed by atoms with Crippen LogP contribution in [0.15, 0.2) is 42.5 Å². The molecule has 3 rings (SSSR count). The van der Waals surface area contributed by atoms with Crippen molar-refractivity contribution in [3.8, 4) is 17.2 Å². The molecule has 7 nitrogen and oxygen atoms in total. The van der Waals surface area contributed by atoms with Crippen LogP contribution in [0.4, 0.5) is 8.78 Å². The molecule has 9 heteroatoms. The molecule has 0 saturated carbocycles. The lowest BCUT2D eigenvalue weighted by atomic mass is 10.1. The van der Waals surface area contributed by atoms with E-state index in [2.05, 4.69) is 4.74 Å². The van der Waals surface area contributed by atoms with E-state index in [9.17, 15) is 18.4 Å². The molecule has 0 radical (unpaired) electrons. The third kappa shape index (κ3) is 4.79. The Bertz CT molecular complexity index is 914. The second-order valence-corrected chi connectivity index (χ2v) is 6.56. The number of alkyl halides is 2. The van der Waals surface area contributed by atoms with Gasteiger partial charge in [-0.1, -0.05) is 6.07 Å². The fraction of sp³-hybridized carbons (Fsp3) is 0.333. The van der Waals surface area contributed by atoms with E-state index in [1.165, 1.54) is 32.4 Å². The molecule has 160 valence electrons. The topological polar surface area (TPSA) is 68.3 Å². The molecule has 1 aliphatic heterocycles. The van der Waals surface area contributed by atoms with E-state index < -0.39 is 6.61 Å². The Morgan fingerprint density at radius 1 is 0.833 bits per heavy atom. The lowest BCUT2D eigenvalue weighted by Crippen LogP contribution is -2.50. The summed E-state index contributed by atoms with van der Waals surface area (Å²) in [6.45, 7) is -1.52. The maximum atomic E-state index is 12.8. The van der Waals surface area contributed by atoms with Gasteiger partial charge in [-0.15, -0.1) is 0 Å². The van der Waals surface area contributed by atoms with Gasteiger partial charge in [0.2, 0.25) is 0 Å². The molecule has 0 aliphatic carbocycles. The van der Waals surface area contributed by atoms with Crippen molar-refractivity contribution in [1.29, 1.82) is 0 Å². The van der Waals surface area contributed by atoms with Crippen LogP contribution in [-0.4, -0.2) is 68.6 Å². The Morgan fingerprint density at radius 3 is 1.97 bits per heavy atom. The summed E-state index contributed by atoms with van der Waals surface area (Å²) in [6.07, 6.45) is 0. The van der Waals surface area contributed by atoms with Gasteiger partial charge in [0.15, 0.2) is 11.5 Å². The average molecular weight is 420 g/mol. The van der Waals surface area contributed by atoms with Gasteiger partial charge < -0.3 is 24.0 Å². The summed E-state index contributed by atoms with van der Waals surface area (Å²) in [5, 5.41) is 0. The van der Waals surface area contributed by atoms with Gasteiger partial charge in [0.1, 0.15) is 5.75 Å². The maximum Gasteiger partial charge on any atom is 0.387 e. The first-order valence-corrected chi connectivity index (χ1v) is 9.28. The molecule has 0 N–H and O–H groups in total. The molecule has 2 aromatic rings. The maximum absolute atomic E-state index is 12.8. The Balaban J connectivity index is 1.64. The zero-order valence-corrected chi connectivity index (χ0v) is 16.6. The van der Waals surface area contributed by atoms with Crippen molar-refractivity contribution in [3.05, 3.63) is 53.6 Å². The van der Waals surface area contributed by atoms with Crippen LogP contribution in [0, 0.1) is 0 Å². The summed E-state index contributed by atoms with van der Waals surface area (Å²) in [7, 11) is 2.85. The van der Waals surface area contributed by atoms with E-state index in [4.69, 9.17) is 9.47 Å². The zero-order valence-electron chi connectivity index (χ0n) is 16.6. The lowest BCUT2D eigenvalue weighted by Gasteiger charge is -2.35. The molecule has 0 aromatic heterocycles. The predicted molar refractivity (Wildman–Crippen MR) is 104 cm³/mol. The summed E-state index contributed by atoms with van der Waals surface area (Å²) < 4.78 is 39.5. The highest BCUT2D eigenvalue weighted by atomic mass is 19.3. The van der Waals surface area contributed by atoms with Crippen LogP contribution in [-0.2, 0) is 0 Å². The summed E-state index contributed by atoms with van der Waals surface area (Å²) in [5.41, 5.74) is 0.814. The Labute approximate surface area is 172 Å². The molecule has 1 aliphatic rings. The lowest BCUT2D eigenvalue weighted by molar-refractivity contribution is -0.0512. The van der Waals surface area contributed by atoms with Crippen LogP contribution in [0.5, 0.6) is 17.2 Å². The summed E-state index contributed by atoms with van der Waals surface area (Å²) in [6, 6.07) is 11.0. The molecule has 30 heavy (non-hydrogen) atoms. The third-order valence-corrected chi connectivity index (χ3v) is 4.80. The number of amides is 2. The molecule has 0 bridgehead atoms. The minimum absolute atomic E-state index is 0.0491. The second-order valence-electron chi connectivity index (χ2n) is 6.56. The first-order valence-electron chi connectivity index (χ1n) is 9.28. The Morgan fingerprint density at radius 2 is 1.43 bits per heavy atom. The minimum atomic E-state index is -2.99. The number of benzene rings is 2. The van der Waals surface area contributed by atoms with Gasteiger partial charge in [0, 0.05) is 37.3 Å². The monoisotopic (exact) mass is 420 g/mol. The predicted octanol–water partition coefficient (Wildman–Crippen LogP) is 2.90. The van der Waals surface area contributed by atoms with Gasteiger partial charge >= 0.3 is 6.61 Å². The number of rotatable bonds is 6. The summed E-state index contributed by atoms with van der Waals surface area (Å²) in [4.78, 5) is 28.8. The zero-order chi connectivity index (χ0) is 21.7. The van der Waals surface area contributed by atoms with E-state index in [1.807, 2.05) is 0 Å². The molecule has 2 aromatic carbocycles. The Hall–Kier alpha value is -3.36. The van der Waals surface area contributed by atoms with Crippen LogP contribution in [0.25, 0.3) is 0 Å². The van der Waals surface area contributed by atoms with Crippen LogP contribution in [0.1, 0.15) is 20.7 Å². The van der Waals surface area contributed by atoms with Crippen LogP contribution >= 0.6 is 0 Å². The number of halogens is 2. The fourth-order valence-electron chi connectivity index (χ4n) is 3.23. The SMILES string of the molecule is COc1cccc(C(=O)N2CCN(C(=O)c3ccc(OC(F)F)c(OC)c3)CC2)c1.